The number of pyridine rings is 1. The number of hydrogen-bond acceptors (Lipinski definition) is 1. The van der Waals surface area contributed by atoms with E-state index < -0.39 is 0 Å². The number of rotatable bonds is 1. The zero-order valence-electron chi connectivity index (χ0n) is 16.6. The molecule has 0 saturated carbocycles. The Labute approximate surface area is 160 Å². The van der Waals surface area contributed by atoms with Crippen molar-refractivity contribution >= 4 is 21.5 Å². The number of aromatic nitrogens is 1. The van der Waals surface area contributed by atoms with Crippen LogP contribution in [-0.4, -0.2) is 0 Å². The molecule has 0 spiro atoms. The van der Waals surface area contributed by atoms with E-state index in [2.05, 4.69) is 88.0 Å². The standard InChI is InChI=1S/C25H24NO/c1-14(2)21-19-9-7-6-8-18(19)16(4)22-24-23-17(10-11-26(24)5)12-15(3)13-20(23)27-25(21)22/h6-14H,1-5H3/q+1. The second-order valence-electron chi connectivity index (χ2n) is 8.05. The van der Waals surface area contributed by atoms with Crippen LogP contribution in [0.1, 0.15) is 36.5 Å². The van der Waals surface area contributed by atoms with Gasteiger partial charge < -0.3 is 4.74 Å². The van der Waals surface area contributed by atoms with Gasteiger partial charge in [-0.3, -0.25) is 0 Å². The molecule has 2 nitrogen and oxygen atoms in total. The van der Waals surface area contributed by atoms with Crippen molar-refractivity contribution in [3.8, 4) is 22.8 Å². The molecule has 3 aromatic carbocycles. The fourth-order valence-electron chi connectivity index (χ4n) is 4.67. The van der Waals surface area contributed by atoms with E-state index in [-0.39, 0.29) is 0 Å². The third-order valence-corrected chi connectivity index (χ3v) is 5.84. The molecule has 2 heterocycles. The van der Waals surface area contributed by atoms with Gasteiger partial charge in [0.15, 0.2) is 6.20 Å². The smallest absolute Gasteiger partial charge is 0.228 e. The number of hydrogen-bond donors (Lipinski definition) is 0. The number of fused-ring (bicyclic) bond motifs is 3. The number of benzene rings is 3. The van der Waals surface area contributed by atoms with Crippen LogP contribution in [0.3, 0.4) is 0 Å². The van der Waals surface area contributed by atoms with E-state index >= 15 is 0 Å². The first kappa shape index (κ1) is 16.3. The largest absolute Gasteiger partial charge is 0.455 e. The predicted molar refractivity (Wildman–Crippen MR) is 112 cm³/mol. The highest BCUT2D eigenvalue weighted by Gasteiger charge is 2.33. The molecule has 4 aromatic rings. The Morgan fingerprint density at radius 3 is 2.44 bits per heavy atom. The van der Waals surface area contributed by atoms with Gasteiger partial charge in [-0.2, -0.15) is 0 Å². The van der Waals surface area contributed by atoms with Gasteiger partial charge in [0.25, 0.3) is 0 Å². The van der Waals surface area contributed by atoms with Crippen LogP contribution in [0, 0.1) is 13.8 Å². The van der Waals surface area contributed by atoms with Crippen LogP contribution >= 0.6 is 0 Å². The average molecular weight is 354 g/mol. The molecule has 2 heteroatoms. The maximum Gasteiger partial charge on any atom is 0.228 e. The Morgan fingerprint density at radius 2 is 1.70 bits per heavy atom. The molecule has 0 amide bonds. The zero-order chi connectivity index (χ0) is 18.9. The van der Waals surface area contributed by atoms with Crippen LogP contribution in [0.15, 0.2) is 48.7 Å². The summed E-state index contributed by atoms with van der Waals surface area (Å²) < 4.78 is 8.90. The molecule has 134 valence electrons. The van der Waals surface area contributed by atoms with Crippen molar-refractivity contribution in [2.24, 2.45) is 7.05 Å². The topological polar surface area (TPSA) is 13.1 Å². The van der Waals surface area contributed by atoms with E-state index in [0.717, 1.165) is 11.5 Å². The van der Waals surface area contributed by atoms with E-state index in [1.807, 2.05) is 0 Å². The Morgan fingerprint density at radius 1 is 0.963 bits per heavy atom. The summed E-state index contributed by atoms with van der Waals surface area (Å²) in [5.41, 5.74) is 6.31. The molecule has 0 saturated heterocycles. The predicted octanol–water partition coefficient (Wildman–Crippen LogP) is 6.33. The molecule has 1 aliphatic rings. The molecule has 0 aliphatic carbocycles. The lowest BCUT2D eigenvalue weighted by Crippen LogP contribution is -2.32. The highest BCUT2D eigenvalue weighted by atomic mass is 16.5. The van der Waals surface area contributed by atoms with Gasteiger partial charge in [-0.25, -0.2) is 4.57 Å². The molecular weight excluding hydrogens is 330 g/mol. The Hall–Kier alpha value is -2.87. The molecule has 1 aromatic heterocycles. The van der Waals surface area contributed by atoms with Crippen LogP contribution in [0.4, 0.5) is 0 Å². The lowest BCUT2D eigenvalue weighted by Gasteiger charge is -2.26. The first-order valence-electron chi connectivity index (χ1n) is 9.63. The van der Waals surface area contributed by atoms with E-state index in [1.165, 1.54) is 49.5 Å². The fourth-order valence-corrected chi connectivity index (χ4v) is 4.67. The molecule has 5 rings (SSSR count). The van der Waals surface area contributed by atoms with Crippen molar-refractivity contribution in [3.63, 3.8) is 0 Å². The number of aryl methyl sites for hydroxylation is 3. The van der Waals surface area contributed by atoms with Crippen molar-refractivity contribution in [1.82, 2.24) is 0 Å². The normalized spacial score (nSPS) is 12.5. The Balaban J connectivity index is 2.05. The van der Waals surface area contributed by atoms with E-state index in [9.17, 15) is 0 Å². The highest BCUT2D eigenvalue weighted by Crippen LogP contribution is 2.52. The second kappa shape index (κ2) is 5.56. The molecule has 27 heavy (non-hydrogen) atoms. The maximum absolute atomic E-state index is 6.65. The minimum atomic E-state index is 0.375. The SMILES string of the molecule is Cc1cc2c3c([n+](C)ccc3c1)-c1c(c(C(C)C)c3ccccc3c1C)O2. The Bertz CT molecular complexity index is 1250. The lowest BCUT2D eigenvalue weighted by molar-refractivity contribution is -0.659. The van der Waals surface area contributed by atoms with Gasteiger partial charge in [0, 0.05) is 11.6 Å². The third-order valence-electron chi connectivity index (χ3n) is 5.84. The lowest BCUT2D eigenvalue weighted by atomic mass is 9.85. The van der Waals surface area contributed by atoms with E-state index in [4.69, 9.17) is 4.74 Å². The van der Waals surface area contributed by atoms with Crippen LogP contribution in [-0.2, 0) is 7.05 Å². The minimum Gasteiger partial charge on any atom is -0.455 e. The molecule has 0 unspecified atom stereocenters. The van der Waals surface area contributed by atoms with Gasteiger partial charge >= 0.3 is 0 Å². The monoisotopic (exact) mass is 354 g/mol. The number of ether oxygens (including phenoxy) is 1. The van der Waals surface area contributed by atoms with Gasteiger partial charge in [-0.15, -0.1) is 0 Å². The highest BCUT2D eigenvalue weighted by molar-refractivity contribution is 6.06. The second-order valence-corrected chi connectivity index (χ2v) is 8.05. The molecule has 0 N–H and O–H groups in total. The first-order valence-corrected chi connectivity index (χ1v) is 9.63. The minimum absolute atomic E-state index is 0.375. The third kappa shape index (κ3) is 2.16. The molecular formula is C25H24NO+. The summed E-state index contributed by atoms with van der Waals surface area (Å²) in [6.45, 7) is 8.88. The summed E-state index contributed by atoms with van der Waals surface area (Å²) in [4.78, 5) is 0. The van der Waals surface area contributed by atoms with Crippen molar-refractivity contribution in [3.05, 3.63) is 65.4 Å². The van der Waals surface area contributed by atoms with Gasteiger partial charge in [-0.1, -0.05) is 44.2 Å². The van der Waals surface area contributed by atoms with E-state index in [0.29, 0.717) is 5.92 Å². The van der Waals surface area contributed by atoms with Gasteiger partial charge in [-0.05, 0) is 53.1 Å². The van der Waals surface area contributed by atoms with Gasteiger partial charge in [0.05, 0.1) is 10.9 Å². The Kier molecular flexibility index (Phi) is 3.36. The average Bonchev–Trinajstić information content (AvgIpc) is 2.63. The van der Waals surface area contributed by atoms with Gasteiger partial charge in [0.1, 0.15) is 18.5 Å². The molecule has 0 bridgehead atoms. The molecule has 0 fully saturated rings. The van der Waals surface area contributed by atoms with Crippen LogP contribution in [0.25, 0.3) is 32.8 Å². The summed E-state index contributed by atoms with van der Waals surface area (Å²) >= 11 is 0. The summed E-state index contributed by atoms with van der Waals surface area (Å²) in [6, 6.07) is 15.3. The summed E-state index contributed by atoms with van der Waals surface area (Å²) in [6.07, 6.45) is 2.17. The zero-order valence-corrected chi connectivity index (χ0v) is 16.6. The molecule has 1 aliphatic heterocycles. The molecule has 0 atom stereocenters. The van der Waals surface area contributed by atoms with Crippen LogP contribution in [0.5, 0.6) is 11.5 Å². The summed E-state index contributed by atoms with van der Waals surface area (Å²) in [5.74, 6) is 2.38. The van der Waals surface area contributed by atoms with E-state index in [1.54, 1.807) is 0 Å². The first-order chi connectivity index (χ1) is 13.0. The van der Waals surface area contributed by atoms with Crippen molar-refractivity contribution in [1.29, 1.82) is 0 Å². The van der Waals surface area contributed by atoms with Crippen molar-refractivity contribution in [2.45, 2.75) is 33.6 Å². The van der Waals surface area contributed by atoms with Crippen molar-refractivity contribution in [2.75, 3.05) is 0 Å². The number of nitrogens with zero attached hydrogens (tertiary/aromatic N) is 1. The van der Waals surface area contributed by atoms with Gasteiger partial charge in [0.2, 0.25) is 5.69 Å². The molecule has 0 radical (unpaired) electrons. The quantitative estimate of drug-likeness (QED) is 0.321. The fraction of sp³-hybridized carbons (Fsp3) is 0.240. The van der Waals surface area contributed by atoms with Crippen LogP contribution < -0.4 is 9.30 Å². The summed E-state index contributed by atoms with van der Waals surface area (Å²) in [7, 11) is 2.14. The summed E-state index contributed by atoms with van der Waals surface area (Å²) in [5, 5.41) is 5.07. The van der Waals surface area contributed by atoms with Crippen molar-refractivity contribution < 1.29 is 9.30 Å². The van der Waals surface area contributed by atoms with Crippen LogP contribution in [0.2, 0.25) is 0 Å². The maximum atomic E-state index is 6.65.